The van der Waals surface area contributed by atoms with Crippen LogP contribution in [0.5, 0.6) is 0 Å². The summed E-state index contributed by atoms with van der Waals surface area (Å²) in [5, 5.41) is 12.7. The molecule has 0 unspecified atom stereocenters. The summed E-state index contributed by atoms with van der Waals surface area (Å²) in [6.07, 6.45) is 8.59. The van der Waals surface area contributed by atoms with Crippen molar-refractivity contribution < 1.29 is 14.7 Å². The second kappa shape index (κ2) is 4.95. The first kappa shape index (κ1) is 14.3. The molecular weight excluding hydrogens is 302 g/mol. The summed E-state index contributed by atoms with van der Waals surface area (Å²) in [7, 11) is 0. The summed E-state index contributed by atoms with van der Waals surface area (Å²) in [5.74, 6) is -0.813. The lowest BCUT2D eigenvalue weighted by atomic mass is 9.62. The van der Waals surface area contributed by atoms with E-state index >= 15 is 0 Å². The molecule has 2 fully saturated rings. The second-order valence-corrected chi connectivity index (χ2v) is 7.82. The molecule has 1 amide bonds. The Morgan fingerprint density at radius 2 is 1.71 bits per heavy atom. The molecule has 1 aromatic carbocycles. The smallest absolute Gasteiger partial charge is 0.307 e. The number of allylic oxidation sites excluding steroid dienone is 2. The Balaban J connectivity index is 1.42. The van der Waals surface area contributed by atoms with Gasteiger partial charge < -0.3 is 10.4 Å². The van der Waals surface area contributed by atoms with Crippen LogP contribution in [-0.2, 0) is 22.4 Å². The van der Waals surface area contributed by atoms with Gasteiger partial charge in [0.05, 0.1) is 11.8 Å². The van der Waals surface area contributed by atoms with Crippen molar-refractivity contribution in [1.82, 2.24) is 0 Å². The van der Waals surface area contributed by atoms with Crippen LogP contribution in [0.25, 0.3) is 0 Å². The summed E-state index contributed by atoms with van der Waals surface area (Å²) in [6.45, 7) is 0. The molecule has 6 atom stereocenters. The predicted octanol–water partition coefficient (Wildman–Crippen LogP) is 2.88. The maximum absolute atomic E-state index is 12.9. The Bertz CT molecular complexity index is 768. The number of hydrogen-bond acceptors (Lipinski definition) is 2. The molecule has 0 spiro atoms. The molecule has 4 heteroatoms. The van der Waals surface area contributed by atoms with Gasteiger partial charge in [-0.3, -0.25) is 9.59 Å². The van der Waals surface area contributed by atoms with Gasteiger partial charge in [0.1, 0.15) is 0 Å². The molecule has 0 aliphatic heterocycles. The lowest BCUT2D eigenvalue weighted by Crippen LogP contribution is -2.48. The number of fused-ring (bicyclic) bond motifs is 2. The molecular formula is C20H21NO3. The Labute approximate surface area is 140 Å². The molecule has 5 aliphatic carbocycles. The van der Waals surface area contributed by atoms with Crippen molar-refractivity contribution in [2.75, 3.05) is 5.32 Å². The highest BCUT2D eigenvalue weighted by Gasteiger charge is 2.62. The molecule has 2 saturated carbocycles. The molecule has 2 bridgehead atoms. The van der Waals surface area contributed by atoms with Crippen molar-refractivity contribution in [3.05, 3.63) is 41.5 Å². The highest BCUT2D eigenvalue weighted by Crippen LogP contribution is 2.63. The van der Waals surface area contributed by atoms with E-state index in [1.807, 2.05) is 6.07 Å². The molecule has 0 aromatic heterocycles. The molecule has 6 rings (SSSR count). The van der Waals surface area contributed by atoms with E-state index in [1.54, 1.807) is 0 Å². The number of anilines is 1. The maximum Gasteiger partial charge on any atom is 0.307 e. The fourth-order valence-electron chi connectivity index (χ4n) is 5.45. The van der Waals surface area contributed by atoms with Gasteiger partial charge in [-0.15, -0.1) is 0 Å². The number of aliphatic carboxylic acids is 1. The third-order valence-electron chi connectivity index (χ3n) is 6.61. The Morgan fingerprint density at radius 3 is 2.46 bits per heavy atom. The fourth-order valence-corrected chi connectivity index (χ4v) is 5.45. The first-order chi connectivity index (χ1) is 11.6. The van der Waals surface area contributed by atoms with Crippen LogP contribution in [0.3, 0.4) is 0 Å². The number of nitrogens with one attached hydrogen (secondary N) is 1. The van der Waals surface area contributed by atoms with Gasteiger partial charge >= 0.3 is 5.97 Å². The topological polar surface area (TPSA) is 66.4 Å². The van der Waals surface area contributed by atoms with Crippen molar-refractivity contribution in [1.29, 1.82) is 0 Å². The molecule has 1 aromatic rings. The van der Waals surface area contributed by atoms with Crippen LogP contribution in [0, 0.1) is 35.5 Å². The minimum absolute atomic E-state index is 0.0354. The zero-order valence-electron chi connectivity index (χ0n) is 13.4. The highest BCUT2D eigenvalue weighted by molar-refractivity contribution is 5.96. The van der Waals surface area contributed by atoms with Gasteiger partial charge in [-0.1, -0.05) is 18.2 Å². The number of aryl methyl sites for hydroxylation is 2. The van der Waals surface area contributed by atoms with E-state index in [1.165, 1.54) is 17.5 Å². The van der Waals surface area contributed by atoms with E-state index in [0.717, 1.165) is 24.9 Å². The number of carbonyl (C=O) groups is 2. The molecule has 5 aliphatic rings. The number of carbonyl (C=O) groups excluding carboxylic acids is 1. The van der Waals surface area contributed by atoms with Crippen LogP contribution in [0.1, 0.15) is 24.0 Å². The van der Waals surface area contributed by atoms with Crippen LogP contribution in [0.2, 0.25) is 0 Å². The van der Waals surface area contributed by atoms with Gasteiger partial charge in [-0.2, -0.15) is 0 Å². The Hall–Kier alpha value is -2.10. The van der Waals surface area contributed by atoms with Crippen LogP contribution in [0.15, 0.2) is 30.4 Å². The lowest BCUT2D eigenvalue weighted by molar-refractivity contribution is -0.152. The SMILES string of the molecule is O=C(O)[C@@H]1[C@H]2C=C[C@@H]([C@@H]3C[C@@H]23)[C@@H]1C(=O)Nc1ccc2c(c1)CCC2. The third-order valence-corrected chi connectivity index (χ3v) is 6.61. The number of benzene rings is 1. The number of amides is 1. The molecule has 24 heavy (non-hydrogen) atoms. The highest BCUT2D eigenvalue weighted by atomic mass is 16.4. The van der Waals surface area contributed by atoms with E-state index in [-0.39, 0.29) is 17.7 Å². The summed E-state index contributed by atoms with van der Waals surface area (Å²) >= 11 is 0. The predicted molar refractivity (Wildman–Crippen MR) is 89.4 cm³/mol. The average molecular weight is 323 g/mol. The van der Waals surface area contributed by atoms with E-state index < -0.39 is 17.8 Å². The van der Waals surface area contributed by atoms with Crippen molar-refractivity contribution >= 4 is 17.6 Å². The molecule has 0 saturated heterocycles. The zero-order valence-corrected chi connectivity index (χ0v) is 13.4. The van der Waals surface area contributed by atoms with Crippen molar-refractivity contribution in [2.45, 2.75) is 25.7 Å². The van der Waals surface area contributed by atoms with E-state index in [0.29, 0.717) is 11.8 Å². The average Bonchev–Trinajstić information content (AvgIpc) is 3.28. The summed E-state index contributed by atoms with van der Waals surface area (Å²) in [5.41, 5.74) is 3.49. The number of rotatable bonds is 3. The van der Waals surface area contributed by atoms with Crippen LogP contribution in [0.4, 0.5) is 5.69 Å². The van der Waals surface area contributed by atoms with Crippen LogP contribution >= 0.6 is 0 Å². The molecule has 4 nitrogen and oxygen atoms in total. The van der Waals surface area contributed by atoms with E-state index in [4.69, 9.17) is 0 Å². The lowest BCUT2D eigenvalue weighted by Gasteiger charge is -2.41. The maximum atomic E-state index is 12.9. The van der Waals surface area contributed by atoms with E-state index in [9.17, 15) is 14.7 Å². The monoisotopic (exact) mass is 323 g/mol. The minimum Gasteiger partial charge on any atom is -0.481 e. The van der Waals surface area contributed by atoms with E-state index in [2.05, 4.69) is 29.6 Å². The first-order valence-electron chi connectivity index (χ1n) is 8.97. The summed E-state index contributed by atoms with van der Waals surface area (Å²) in [4.78, 5) is 24.7. The van der Waals surface area contributed by atoms with Gasteiger partial charge in [0.15, 0.2) is 0 Å². The van der Waals surface area contributed by atoms with Crippen molar-refractivity contribution in [3.8, 4) is 0 Å². The third kappa shape index (κ3) is 1.98. The first-order valence-corrected chi connectivity index (χ1v) is 8.97. The Morgan fingerprint density at radius 1 is 1.00 bits per heavy atom. The largest absolute Gasteiger partial charge is 0.481 e. The van der Waals surface area contributed by atoms with Gasteiger partial charge in [0.25, 0.3) is 0 Å². The number of carboxylic acids is 1. The van der Waals surface area contributed by atoms with Crippen molar-refractivity contribution in [2.24, 2.45) is 35.5 Å². The summed E-state index contributed by atoms with van der Waals surface area (Å²) < 4.78 is 0. The van der Waals surface area contributed by atoms with Gasteiger partial charge in [0.2, 0.25) is 5.91 Å². The second-order valence-electron chi connectivity index (χ2n) is 7.82. The zero-order chi connectivity index (χ0) is 16.4. The molecule has 0 radical (unpaired) electrons. The van der Waals surface area contributed by atoms with Gasteiger partial charge in [0, 0.05) is 5.69 Å². The fraction of sp³-hybridized carbons (Fsp3) is 0.500. The van der Waals surface area contributed by atoms with Crippen molar-refractivity contribution in [3.63, 3.8) is 0 Å². The van der Waals surface area contributed by atoms with Gasteiger partial charge in [-0.25, -0.2) is 0 Å². The molecule has 0 heterocycles. The normalized spacial score (nSPS) is 37.7. The number of carboxylic acid groups (broad SMARTS) is 1. The van der Waals surface area contributed by atoms with Gasteiger partial charge in [-0.05, 0) is 72.6 Å². The quantitative estimate of drug-likeness (QED) is 0.841. The summed E-state index contributed by atoms with van der Waals surface area (Å²) in [6, 6.07) is 6.11. The van der Waals surface area contributed by atoms with Crippen LogP contribution < -0.4 is 5.32 Å². The molecule has 124 valence electrons. The Kier molecular flexibility index (Phi) is 2.94. The number of hydrogen-bond donors (Lipinski definition) is 2. The standard InChI is InChI=1S/C20H21NO3/c22-19(21-12-5-4-10-2-1-3-11(10)8-12)17-13-6-7-14(16-9-15(13)16)18(17)20(23)24/h4-8,13-18H,1-3,9H2,(H,21,22)(H,23,24)/t13-,14-,15-,16-,17-,18+/m0/s1. The minimum atomic E-state index is -0.825. The van der Waals surface area contributed by atoms with Crippen LogP contribution in [-0.4, -0.2) is 17.0 Å². The molecule has 2 N–H and O–H groups in total.